The zero-order valence-electron chi connectivity index (χ0n) is 5.92. The lowest BCUT2D eigenvalue weighted by Crippen LogP contribution is -2.17. The van der Waals surface area contributed by atoms with E-state index in [0.717, 1.165) is 0 Å². The molecule has 0 radical (unpaired) electrons. The predicted molar refractivity (Wildman–Crippen MR) is 47.5 cm³/mol. The molecule has 3 heteroatoms. The summed E-state index contributed by atoms with van der Waals surface area (Å²) < 4.78 is 18.9. The number of rotatable bonds is 0. The van der Waals surface area contributed by atoms with E-state index in [2.05, 4.69) is 0 Å². The molecule has 2 aliphatic rings. The van der Waals surface area contributed by atoms with Gasteiger partial charge in [0.25, 0.3) is 0 Å². The van der Waals surface area contributed by atoms with Crippen LogP contribution in [0.25, 0.3) is 0 Å². The lowest BCUT2D eigenvalue weighted by Gasteiger charge is -2.33. The molecule has 2 atom stereocenters. The predicted octanol–water partition coefficient (Wildman–Crippen LogP) is 2.38. The molecule has 0 spiro atoms. The SMILES string of the molecule is OS1(O)C=C[C@H]2C=CC=C[C@H]21. The summed E-state index contributed by atoms with van der Waals surface area (Å²) in [5, 5.41) is 1.43. The van der Waals surface area contributed by atoms with Crippen LogP contribution in [-0.4, -0.2) is 14.4 Å². The standard InChI is InChI=1S/C8H10O2S/c9-11(10)6-5-7-3-1-2-4-8(7)11/h1-10H/t7-,8-/m1/s1. The fraction of sp³-hybridized carbons (Fsp3) is 0.250. The van der Waals surface area contributed by atoms with Gasteiger partial charge in [-0.3, -0.25) is 9.11 Å². The first-order valence-corrected chi connectivity index (χ1v) is 5.18. The third kappa shape index (κ3) is 1.05. The smallest absolute Gasteiger partial charge is 0.0809 e. The van der Waals surface area contributed by atoms with Gasteiger partial charge in [0.2, 0.25) is 0 Å². The maximum Gasteiger partial charge on any atom is 0.0809 e. The minimum atomic E-state index is -2.47. The molecule has 0 saturated carbocycles. The van der Waals surface area contributed by atoms with Gasteiger partial charge < -0.3 is 0 Å². The molecule has 0 aromatic heterocycles. The fourth-order valence-electron chi connectivity index (χ4n) is 1.42. The number of hydrogen-bond donors (Lipinski definition) is 2. The molecule has 1 heterocycles. The van der Waals surface area contributed by atoms with Gasteiger partial charge in [-0.25, -0.2) is 0 Å². The van der Waals surface area contributed by atoms with Crippen LogP contribution in [0.2, 0.25) is 0 Å². The van der Waals surface area contributed by atoms with E-state index < -0.39 is 10.6 Å². The Bertz CT molecular complexity index is 253. The van der Waals surface area contributed by atoms with Crippen molar-refractivity contribution in [2.24, 2.45) is 5.92 Å². The summed E-state index contributed by atoms with van der Waals surface area (Å²) in [5.74, 6) is 0.199. The van der Waals surface area contributed by atoms with Crippen molar-refractivity contribution in [2.45, 2.75) is 5.25 Å². The van der Waals surface area contributed by atoms with E-state index in [4.69, 9.17) is 0 Å². The average molecular weight is 170 g/mol. The Morgan fingerprint density at radius 2 is 1.73 bits per heavy atom. The fourth-order valence-corrected chi connectivity index (χ4v) is 2.98. The maximum atomic E-state index is 9.46. The Kier molecular flexibility index (Phi) is 1.45. The topological polar surface area (TPSA) is 40.5 Å². The number of hydrogen-bond acceptors (Lipinski definition) is 2. The van der Waals surface area contributed by atoms with Crippen molar-refractivity contribution >= 4 is 10.6 Å². The van der Waals surface area contributed by atoms with Gasteiger partial charge in [-0.15, -0.1) is 0 Å². The van der Waals surface area contributed by atoms with Gasteiger partial charge in [0, 0.05) is 11.3 Å². The third-order valence-corrected chi connectivity index (χ3v) is 3.86. The molecule has 1 aliphatic heterocycles. The van der Waals surface area contributed by atoms with Gasteiger partial charge in [-0.1, -0.05) is 30.4 Å². The van der Waals surface area contributed by atoms with E-state index in [1.54, 1.807) is 0 Å². The van der Waals surface area contributed by atoms with E-state index in [1.165, 1.54) is 5.41 Å². The molecule has 2 rings (SSSR count). The Morgan fingerprint density at radius 3 is 2.45 bits per heavy atom. The van der Waals surface area contributed by atoms with Gasteiger partial charge in [-0.05, 0) is 0 Å². The summed E-state index contributed by atoms with van der Waals surface area (Å²) in [4.78, 5) is 0. The molecule has 0 saturated heterocycles. The van der Waals surface area contributed by atoms with E-state index >= 15 is 0 Å². The van der Waals surface area contributed by atoms with Crippen molar-refractivity contribution in [1.82, 2.24) is 0 Å². The lowest BCUT2D eigenvalue weighted by molar-refractivity contribution is 0.488. The zero-order chi connectivity index (χ0) is 7.90. The second-order valence-corrected chi connectivity index (χ2v) is 4.87. The van der Waals surface area contributed by atoms with E-state index in [9.17, 15) is 9.11 Å². The Hall–Kier alpha value is -0.510. The molecule has 1 aliphatic carbocycles. The third-order valence-electron chi connectivity index (χ3n) is 2.03. The van der Waals surface area contributed by atoms with E-state index in [1.807, 2.05) is 30.4 Å². The first-order valence-electron chi connectivity index (χ1n) is 3.50. The monoisotopic (exact) mass is 170 g/mol. The summed E-state index contributed by atoms with van der Waals surface area (Å²) in [6.07, 6.45) is 9.51. The van der Waals surface area contributed by atoms with Crippen molar-refractivity contribution in [2.75, 3.05) is 0 Å². The van der Waals surface area contributed by atoms with Gasteiger partial charge in [0.05, 0.1) is 5.25 Å². The summed E-state index contributed by atoms with van der Waals surface area (Å²) in [5.41, 5.74) is 0. The molecular formula is C8H10O2S. The van der Waals surface area contributed by atoms with Crippen molar-refractivity contribution in [1.29, 1.82) is 0 Å². The molecule has 0 amide bonds. The zero-order valence-corrected chi connectivity index (χ0v) is 6.74. The lowest BCUT2D eigenvalue weighted by atomic mass is 10.0. The van der Waals surface area contributed by atoms with Crippen molar-refractivity contribution in [3.8, 4) is 0 Å². The number of allylic oxidation sites excluding steroid dienone is 4. The van der Waals surface area contributed by atoms with E-state index in [-0.39, 0.29) is 11.2 Å². The van der Waals surface area contributed by atoms with Crippen molar-refractivity contribution < 1.29 is 9.11 Å². The summed E-state index contributed by atoms with van der Waals surface area (Å²) in [7, 11) is -2.47. The average Bonchev–Trinajstić information content (AvgIpc) is 2.29. The van der Waals surface area contributed by atoms with Gasteiger partial charge in [-0.2, -0.15) is 10.6 Å². The molecule has 60 valence electrons. The Balaban J connectivity index is 2.32. The molecule has 0 bridgehead atoms. The van der Waals surface area contributed by atoms with Crippen molar-refractivity contribution in [3.63, 3.8) is 0 Å². The van der Waals surface area contributed by atoms with Crippen LogP contribution in [0.3, 0.4) is 0 Å². The van der Waals surface area contributed by atoms with Crippen LogP contribution in [0.15, 0.2) is 35.8 Å². The van der Waals surface area contributed by atoms with Crippen LogP contribution in [0.4, 0.5) is 0 Å². The molecular weight excluding hydrogens is 160 g/mol. The van der Waals surface area contributed by atoms with Gasteiger partial charge in [0.1, 0.15) is 0 Å². The highest BCUT2D eigenvalue weighted by Crippen LogP contribution is 2.55. The summed E-state index contributed by atoms with van der Waals surface area (Å²) >= 11 is 0. The number of fused-ring (bicyclic) bond motifs is 1. The summed E-state index contributed by atoms with van der Waals surface area (Å²) in [6.45, 7) is 0. The van der Waals surface area contributed by atoms with Crippen LogP contribution >= 0.6 is 10.6 Å². The molecule has 0 aromatic carbocycles. The molecule has 0 unspecified atom stereocenters. The molecule has 0 aromatic rings. The second-order valence-electron chi connectivity index (χ2n) is 2.78. The molecule has 11 heavy (non-hydrogen) atoms. The minimum absolute atomic E-state index is 0.104. The first kappa shape index (κ1) is 7.16. The molecule has 2 N–H and O–H groups in total. The largest absolute Gasteiger partial charge is 0.295 e. The van der Waals surface area contributed by atoms with Crippen LogP contribution in [-0.2, 0) is 0 Å². The highest BCUT2D eigenvalue weighted by molar-refractivity contribution is 8.27. The van der Waals surface area contributed by atoms with E-state index in [0.29, 0.717) is 0 Å². The van der Waals surface area contributed by atoms with Crippen LogP contribution in [0.5, 0.6) is 0 Å². The highest BCUT2D eigenvalue weighted by Gasteiger charge is 2.32. The molecule has 2 nitrogen and oxygen atoms in total. The van der Waals surface area contributed by atoms with Crippen LogP contribution in [0, 0.1) is 5.92 Å². The van der Waals surface area contributed by atoms with Crippen molar-refractivity contribution in [3.05, 3.63) is 35.8 Å². The van der Waals surface area contributed by atoms with Crippen LogP contribution < -0.4 is 0 Å². The van der Waals surface area contributed by atoms with Gasteiger partial charge in [0.15, 0.2) is 0 Å². The Labute approximate surface area is 67.3 Å². The Morgan fingerprint density at radius 1 is 1.00 bits per heavy atom. The highest BCUT2D eigenvalue weighted by atomic mass is 32.3. The van der Waals surface area contributed by atoms with Gasteiger partial charge >= 0.3 is 0 Å². The first-order chi connectivity index (χ1) is 5.20. The maximum absolute atomic E-state index is 9.46. The van der Waals surface area contributed by atoms with Crippen LogP contribution in [0.1, 0.15) is 0 Å². The quantitative estimate of drug-likeness (QED) is 0.586. The summed E-state index contributed by atoms with van der Waals surface area (Å²) in [6, 6.07) is 0. The molecule has 0 fully saturated rings. The second kappa shape index (κ2) is 2.24. The minimum Gasteiger partial charge on any atom is -0.295 e. The normalized spacial score (nSPS) is 40.5.